The van der Waals surface area contributed by atoms with Crippen LogP contribution in [-0.2, 0) is 11.3 Å². The first-order chi connectivity index (χ1) is 8.99. The SMILES string of the molecule is CC1CCC(OCc2c(F)ccc(Br)c2F)CC1C. The second-order valence-electron chi connectivity index (χ2n) is 5.52. The largest absolute Gasteiger partial charge is 0.373 e. The fourth-order valence-electron chi connectivity index (χ4n) is 2.55. The fourth-order valence-corrected chi connectivity index (χ4v) is 2.92. The van der Waals surface area contributed by atoms with Crippen molar-refractivity contribution in [1.29, 1.82) is 0 Å². The summed E-state index contributed by atoms with van der Waals surface area (Å²) in [5, 5.41) is 0. The van der Waals surface area contributed by atoms with E-state index in [-0.39, 0.29) is 22.7 Å². The molecule has 1 saturated carbocycles. The van der Waals surface area contributed by atoms with Crippen molar-refractivity contribution < 1.29 is 13.5 Å². The highest BCUT2D eigenvalue weighted by molar-refractivity contribution is 9.10. The van der Waals surface area contributed by atoms with Gasteiger partial charge in [-0.3, -0.25) is 0 Å². The van der Waals surface area contributed by atoms with E-state index in [1.54, 1.807) is 0 Å². The highest BCUT2D eigenvalue weighted by atomic mass is 79.9. The van der Waals surface area contributed by atoms with Crippen LogP contribution in [0.15, 0.2) is 16.6 Å². The third-order valence-corrected chi connectivity index (χ3v) is 4.76. The van der Waals surface area contributed by atoms with E-state index >= 15 is 0 Å². The highest BCUT2D eigenvalue weighted by Gasteiger charge is 2.25. The van der Waals surface area contributed by atoms with Crippen LogP contribution in [0.3, 0.4) is 0 Å². The lowest BCUT2D eigenvalue weighted by Crippen LogP contribution is -2.26. The molecule has 1 aromatic rings. The monoisotopic (exact) mass is 332 g/mol. The zero-order valence-electron chi connectivity index (χ0n) is 11.3. The van der Waals surface area contributed by atoms with E-state index in [9.17, 15) is 8.78 Å². The molecule has 4 heteroatoms. The maximum Gasteiger partial charge on any atom is 0.145 e. The molecule has 0 amide bonds. The lowest BCUT2D eigenvalue weighted by Gasteiger charge is -2.32. The summed E-state index contributed by atoms with van der Waals surface area (Å²) in [6, 6.07) is 2.63. The molecule has 0 radical (unpaired) electrons. The minimum atomic E-state index is -0.558. The highest BCUT2D eigenvalue weighted by Crippen LogP contribution is 2.32. The first-order valence-corrected chi connectivity index (χ1v) is 7.52. The number of halogens is 3. The van der Waals surface area contributed by atoms with Crippen molar-refractivity contribution >= 4 is 15.9 Å². The van der Waals surface area contributed by atoms with Crippen LogP contribution in [0.2, 0.25) is 0 Å². The van der Waals surface area contributed by atoms with Crippen LogP contribution in [0.1, 0.15) is 38.7 Å². The molecule has 0 N–H and O–H groups in total. The molecule has 0 heterocycles. The molecular weight excluding hydrogens is 314 g/mol. The normalized spacial score (nSPS) is 27.5. The second kappa shape index (κ2) is 6.31. The summed E-state index contributed by atoms with van der Waals surface area (Å²) in [4.78, 5) is 0. The van der Waals surface area contributed by atoms with Crippen LogP contribution in [0.4, 0.5) is 8.78 Å². The molecule has 1 fully saturated rings. The van der Waals surface area contributed by atoms with E-state index in [4.69, 9.17) is 4.74 Å². The summed E-state index contributed by atoms with van der Waals surface area (Å²) in [7, 11) is 0. The van der Waals surface area contributed by atoms with E-state index in [1.807, 2.05) is 0 Å². The number of benzene rings is 1. The van der Waals surface area contributed by atoms with Gasteiger partial charge in [0.25, 0.3) is 0 Å². The van der Waals surface area contributed by atoms with Crippen molar-refractivity contribution in [3.05, 3.63) is 33.8 Å². The molecule has 0 bridgehead atoms. The Balaban J connectivity index is 1.98. The van der Waals surface area contributed by atoms with Crippen LogP contribution < -0.4 is 0 Å². The second-order valence-corrected chi connectivity index (χ2v) is 6.38. The summed E-state index contributed by atoms with van der Waals surface area (Å²) in [5.41, 5.74) is 0.0145. The Labute approximate surface area is 121 Å². The van der Waals surface area contributed by atoms with Crippen molar-refractivity contribution in [3.63, 3.8) is 0 Å². The van der Waals surface area contributed by atoms with Crippen LogP contribution in [0.5, 0.6) is 0 Å². The number of hydrogen-bond donors (Lipinski definition) is 0. The predicted molar refractivity (Wildman–Crippen MR) is 74.8 cm³/mol. The van der Waals surface area contributed by atoms with Crippen molar-refractivity contribution in [1.82, 2.24) is 0 Å². The Kier molecular flexibility index (Phi) is 4.96. The van der Waals surface area contributed by atoms with Gasteiger partial charge >= 0.3 is 0 Å². The Hall–Kier alpha value is -0.480. The lowest BCUT2D eigenvalue weighted by atomic mass is 9.80. The molecule has 0 aliphatic heterocycles. The standard InChI is InChI=1S/C15H19BrF2O/c1-9-3-4-11(7-10(9)2)19-8-12-14(17)6-5-13(16)15(12)18/h5-6,9-11H,3-4,7-8H2,1-2H3. The van der Waals surface area contributed by atoms with Gasteiger partial charge in [0.15, 0.2) is 0 Å². The van der Waals surface area contributed by atoms with Gasteiger partial charge in [0.2, 0.25) is 0 Å². The van der Waals surface area contributed by atoms with Crippen molar-refractivity contribution in [2.75, 3.05) is 0 Å². The molecule has 0 aromatic heterocycles. The summed E-state index contributed by atoms with van der Waals surface area (Å²) in [5.74, 6) is 0.213. The first-order valence-electron chi connectivity index (χ1n) is 6.73. The van der Waals surface area contributed by atoms with E-state index in [2.05, 4.69) is 29.8 Å². The zero-order valence-corrected chi connectivity index (χ0v) is 12.8. The van der Waals surface area contributed by atoms with Gasteiger partial charge in [-0.25, -0.2) is 8.78 Å². The van der Waals surface area contributed by atoms with Crippen LogP contribution in [-0.4, -0.2) is 6.10 Å². The van der Waals surface area contributed by atoms with E-state index in [1.165, 1.54) is 12.1 Å². The topological polar surface area (TPSA) is 9.23 Å². The third-order valence-electron chi connectivity index (χ3n) is 4.15. The van der Waals surface area contributed by atoms with Crippen LogP contribution in [0.25, 0.3) is 0 Å². The minimum absolute atomic E-state index is 0.00285. The molecule has 1 aromatic carbocycles. The predicted octanol–water partition coefficient (Wildman–Crippen LogP) is 5.07. The summed E-state index contributed by atoms with van der Waals surface area (Å²) < 4.78 is 33.4. The molecule has 1 aliphatic rings. The summed E-state index contributed by atoms with van der Waals surface area (Å²) in [6.07, 6.45) is 3.18. The first kappa shape index (κ1) is 14.9. The van der Waals surface area contributed by atoms with E-state index in [0.29, 0.717) is 11.8 Å². The number of ether oxygens (including phenoxy) is 1. The molecular formula is C15H19BrF2O. The van der Waals surface area contributed by atoms with E-state index in [0.717, 1.165) is 19.3 Å². The molecule has 19 heavy (non-hydrogen) atoms. The van der Waals surface area contributed by atoms with Gasteiger partial charge in [-0.2, -0.15) is 0 Å². The van der Waals surface area contributed by atoms with Gasteiger partial charge < -0.3 is 4.74 Å². The van der Waals surface area contributed by atoms with Gasteiger partial charge in [0, 0.05) is 0 Å². The Morgan fingerprint density at radius 1 is 1.21 bits per heavy atom. The average Bonchev–Trinajstić information content (AvgIpc) is 2.38. The molecule has 106 valence electrons. The molecule has 0 spiro atoms. The number of hydrogen-bond acceptors (Lipinski definition) is 1. The maximum absolute atomic E-state index is 13.8. The van der Waals surface area contributed by atoms with Gasteiger partial charge in [-0.15, -0.1) is 0 Å². The lowest BCUT2D eigenvalue weighted by molar-refractivity contribution is -0.00957. The minimum Gasteiger partial charge on any atom is -0.373 e. The van der Waals surface area contributed by atoms with Gasteiger partial charge in [-0.1, -0.05) is 13.8 Å². The Bertz CT molecular complexity index is 450. The molecule has 0 saturated heterocycles. The van der Waals surface area contributed by atoms with E-state index < -0.39 is 11.6 Å². The zero-order chi connectivity index (χ0) is 14.0. The quantitative estimate of drug-likeness (QED) is 0.702. The average molecular weight is 333 g/mol. The van der Waals surface area contributed by atoms with Gasteiger partial charge in [0.1, 0.15) is 11.6 Å². The van der Waals surface area contributed by atoms with Crippen molar-refractivity contribution in [3.8, 4) is 0 Å². The van der Waals surface area contributed by atoms with Gasteiger partial charge in [0.05, 0.1) is 22.7 Å². The molecule has 3 atom stereocenters. The van der Waals surface area contributed by atoms with Crippen LogP contribution in [0, 0.1) is 23.5 Å². The smallest absolute Gasteiger partial charge is 0.145 e. The molecule has 1 aliphatic carbocycles. The van der Waals surface area contributed by atoms with Gasteiger partial charge in [-0.05, 0) is 59.2 Å². The maximum atomic E-state index is 13.8. The van der Waals surface area contributed by atoms with Crippen molar-refractivity contribution in [2.24, 2.45) is 11.8 Å². The van der Waals surface area contributed by atoms with Crippen molar-refractivity contribution in [2.45, 2.75) is 45.8 Å². The summed E-state index contributed by atoms with van der Waals surface area (Å²) >= 11 is 3.07. The van der Waals surface area contributed by atoms with Crippen LogP contribution >= 0.6 is 15.9 Å². The Morgan fingerprint density at radius 3 is 2.63 bits per heavy atom. The summed E-state index contributed by atoms with van der Waals surface area (Å²) in [6.45, 7) is 4.46. The molecule has 2 rings (SSSR count). The molecule has 1 nitrogen and oxygen atoms in total. The fraction of sp³-hybridized carbons (Fsp3) is 0.600. The number of rotatable bonds is 3. The third kappa shape index (κ3) is 3.54. The Morgan fingerprint density at radius 2 is 1.95 bits per heavy atom. The molecule has 3 unspecified atom stereocenters.